The van der Waals surface area contributed by atoms with Gasteiger partial charge in [0.2, 0.25) is 0 Å². The topological polar surface area (TPSA) is 20.3 Å². The Kier molecular flexibility index (Phi) is 4.25. The van der Waals surface area contributed by atoms with Crippen molar-refractivity contribution in [3.8, 4) is 0 Å². The van der Waals surface area contributed by atoms with Crippen LogP contribution in [0.3, 0.4) is 0 Å². The van der Waals surface area contributed by atoms with Gasteiger partial charge in [-0.3, -0.25) is 4.79 Å². The highest BCUT2D eigenvalue weighted by Crippen LogP contribution is 2.26. The van der Waals surface area contributed by atoms with E-state index in [1.807, 2.05) is 49.1 Å². The van der Waals surface area contributed by atoms with Gasteiger partial charge in [0, 0.05) is 23.2 Å². The van der Waals surface area contributed by atoms with Crippen molar-refractivity contribution in [3.63, 3.8) is 0 Å². The van der Waals surface area contributed by atoms with Crippen molar-refractivity contribution < 1.29 is 4.79 Å². The molecule has 18 heavy (non-hydrogen) atoms. The van der Waals surface area contributed by atoms with E-state index in [0.717, 1.165) is 15.0 Å². The van der Waals surface area contributed by atoms with E-state index < -0.39 is 0 Å². The largest absolute Gasteiger partial charge is 0.334 e. The Morgan fingerprint density at radius 1 is 1.39 bits per heavy atom. The second-order valence-electron chi connectivity index (χ2n) is 4.43. The molecular weight excluding hydrogens is 266 g/mol. The number of hydrogen-bond acceptors (Lipinski definition) is 2. The number of thiophene rings is 1. The number of halogens is 1. The molecule has 0 aliphatic heterocycles. The fourth-order valence-electron chi connectivity index (χ4n) is 1.91. The Hall–Kier alpha value is -1.06. The van der Waals surface area contributed by atoms with Gasteiger partial charge in [-0.1, -0.05) is 18.2 Å². The van der Waals surface area contributed by atoms with Gasteiger partial charge in [0.25, 0.3) is 5.91 Å². The highest BCUT2D eigenvalue weighted by Gasteiger charge is 2.19. The van der Waals surface area contributed by atoms with Crippen molar-refractivity contribution in [3.05, 3.63) is 35.2 Å². The Morgan fingerprint density at radius 3 is 2.72 bits per heavy atom. The van der Waals surface area contributed by atoms with Crippen LogP contribution in [0.4, 0.5) is 0 Å². The van der Waals surface area contributed by atoms with E-state index in [4.69, 9.17) is 11.6 Å². The van der Waals surface area contributed by atoms with Crippen molar-refractivity contribution >= 4 is 38.9 Å². The number of nitrogens with zero attached hydrogens (tertiary/aromatic N) is 1. The number of carbonyl (C=O) groups excluding carboxylic acids is 1. The molecule has 0 saturated carbocycles. The molecule has 96 valence electrons. The van der Waals surface area contributed by atoms with E-state index in [1.165, 1.54) is 0 Å². The highest BCUT2D eigenvalue weighted by atomic mass is 35.5. The quantitative estimate of drug-likeness (QED) is 0.776. The molecule has 4 heteroatoms. The van der Waals surface area contributed by atoms with E-state index in [0.29, 0.717) is 12.4 Å². The number of alkyl halides is 1. The number of amides is 1. The maximum absolute atomic E-state index is 12.4. The smallest absolute Gasteiger partial charge is 0.264 e. The second kappa shape index (κ2) is 5.72. The molecule has 1 aromatic heterocycles. The van der Waals surface area contributed by atoms with Gasteiger partial charge >= 0.3 is 0 Å². The minimum absolute atomic E-state index is 0.0758. The summed E-state index contributed by atoms with van der Waals surface area (Å²) in [6.07, 6.45) is 0. The molecule has 1 amide bonds. The summed E-state index contributed by atoms with van der Waals surface area (Å²) in [6, 6.07) is 10.2. The Balaban J connectivity index is 2.31. The lowest BCUT2D eigenvalue weighted by atomic mass is 10.2. The third-order valence-corrected chi connectivity index (χ3v) is 4.12. The molecule has 0 bridgehead atoms. The fraction of sp³-hybridized carbons (Fsp3) is 0.357. The van der Waals surface area contributed by atoms with Crippen LogP contribution < -0.4 is 0 Å². The lowest BCUT2D eigenvalue weighted by molar-refractivity contribution is 0.0723. The van der Waals surface area contributed by atoms with Crippen LogP contribution in [0.2, 0.25) is 0 Å². The third kappa shape index (κ3) is 2.68. The number of benzene rings is 1. The zero-order chi connectivity index (χ0) is 13.1. The average molecular weight is 282 g/mol. The van der Waals surface area contributed by atoms with Crippen LogP contribution in [0.25, 0.3) is 10.1 Å². The molecule has 2 nitrogen and oxygen atoms in total. The highest BCUT2D eigenvalue weighted by molar-refractivity contribution is 7.20. The first-order chi connectivity index (χ1) is 8.63. The van der Waals surface area contributed by atoms with Crippen LogP contribution in [0.1, 0.15) is 23.5 Å². The van der Waals surface area contributed by atoms with Gasteiger partial charge in [0.15, 0.2) is 0 Å². The first kappa shape index (κ1) is 13.4. The number of hydrogen-bond donors (Lipinski definition) is 0. The first-order valence-electron chi connectivity index (χ1n) is 5.99. The SMILES string of the molecule is CC(C)N(CCCl)C(=O)c1cc2ccccc2s1. The van der Waals surface area contributed by atoms with Crippen LogP contribution in [0.5, 0.6) is 0 Å². The van der Waals surface area contributed by atoms with Gasteiger partial charge in [-0.2, -0.15) is 0 Å². The van der Waals surface area contributed by atoms with Gasteiger partial charge in [-0.15, -0.1) is 22.9 Å². The molecule has 0 unspecified atom stereocenters. The van der Waals surface area contributed by atoms with Crippen molar-refractivity contribution in [1.82, 2.24) is 4.90 Å². The Morgan fingerprint density at radius 2 is 2.11 bits per heavy atom. The summed E-state index contributed by atoms with van der Waals surface area (Å²) in [6.45, 7) is 4.61. The number of carbonyl (C=O) groups is 1. The maximum atomic E-state index is 12.4. The Labute approximate surface area is 116 Å². The van der Waals surface area contributed by atoms with Crippen molar-refractivity contribution in [1.29, 1.82) is 0 Å². The van der Waals surface area contributed by atoms with E-state index in [1.54, 1.807) is 11.3 Å². The fourth-order valence-corrected chi connectivity index (χ4v) is 3.12. The van der Waals surface area contributed by atoms with Gasteiger partial charge in [0.05, 0.1) is 4.88 Å². The van der Waals surface area contributed by atoms with Crippen molar-refractivity contribution in [2.45, 2.75) is 19.9 Å². The Bertz CT molecular complexity index is 516. The molecule has 0 aliphatic carbocycles. The van der Waals surface area contributed by atoms with Crippen LogP contribution in [0, 0.1) is 0 Å². The summed E-state index contributed by atoms with van der Waals surface area (Å²) in [7, 11) is 0. The second-order valence-corrected chi connectivity index (χ2v) is 5.89. The molecule has 0 N–H and O–H groups in total. The molecule has 2 rings (SSSR count). The van der Waals surface area contributed by atoms with E-state index in [9.17, 15) is 4.79 Å². The van der Waals surface area contributed by atoms with E-state index in [-0.39, 0.29) is 11.9 Å². The molecule has 1 aromatic carbocycles. The van der Waals surface area contributed by atoms with Gasteiger partial charge < -0.3 is 4.90 Å². The zero-order valence-corrected chi connectivity index (χ0v) is 12.1. The van der Waals surface area contributed by atoms with Crippen LogP contribution in [0.15, 0.2) is 30.3 Å². The number of fused-ring (bicyclic) bond motifs is 1. The molecule has 0 spiro atoms. The minimum atomic E-state index is 0.0758. The summed E-state index contributed by atoms with van der Waals surface area (Å²) < 4.78 is 1.15. The van der Waals surface area contributed by atoms with Crippen LogP contribution >= 0.6 is 22.9 Å². The number of rotatable bonds is 4. The maximum Gasteiger partial charge on any atom is 0.264 e. The van der Waals surface area contributed by atoms with Gasteiger partial charge in [0.1, 0.15) is 0 Å². The molecule has 0 saturated heterocycles. The van der Waals surface area contributed by atoms with E-state index in [2.05, 4.69) is 0 Å². The van der Waals surface area contributed by atoms with Crippen molar-refractivity contribution in [2.75, 3.05) is 12.4 Å². The van der Waals surface area contributed by atoms with Gasteiger partial charge in [-0.25, -0.2) is 0 Å². The average Bonchev–Trinajstić information content (AvgIpc) is 2.78. The lowest BCUT2D eigenvalue weighted by Gasteiger charge is -2.25. The third-order valence-electron chi connectivity index (χ3n) is 2.85. The minimum Gasteiger partial charge on any atom is -0.334 e. The van der Waals surface area contributed by atoms with Crippen molar-refractivity contribution in [2.24, 2.45) is 0 Å². The molecular formula is C14H16ClNOS. The summed E-state index contributed by atoms with van der Waals surface area (Å²) in [5.41, 5.74) is 0. The molecule has 0 atom stereocenters. The normalized spacial score (nSPS) is 11.1. The molecule has 0 aliphatic rings. The first-order valence-corrected chi connectivity index (χ1v) is 7.34. The molecule has 0 radical (unpaired) electrons. The predicted molar refractivity (Wildman–Crippen MR) is 78.7 cm³/mol. The molecule has 2 aromatic rings. The lowest BCUT2D eigenvalue weighted by Crippen LogP contribution is -2.37. The summed E-state index contributed by atoms with van der Waals surface area (Å²) in [5, 5.41) is 1.13. The van der Waals surface area contributed by atoms with Crippen LogP contribution in [-0.4, -0.2) is 29.3 Å². The zero-order valence-electron chi connectivity index (χ0n) is 10.5. The van der Waals surface area contributed by atoms with Crippen LogP contribution in [-0.2, 0) is 0 Å². The predicted octanol–water partition coefficient (Wildman–Crippen LogP) is 3.99. The summed E-state index contributed by atoms with van der Waals surface area (Å²) in [4.78, 5) is 15.0. The standard InChI is InChI=1S/C14H16ClNOS/c1-10(2)16(8-7-15)14(17)13-9-11-5-3-4-6-12(11)18-13/h3-6,9-10H,7-8H2,1-2H3. The van der Waals surface area contributed by atoms with E-state index >= 15 is 0 Å². The van der Waals surface area contributed by atoms with Gasteiger partial charge in [-0.05, 0) is 31.4 Å². The molecule has 0 fully saturated rings. The summed E-state index contributed by atoms with van der Waals surface area (Å²) in [5.74, 6) is 0.543. The summed E-state index contributed by atoms with van der Waals surface area (Å²) >= 11 is 7.30. The monoisotopic (exact) mass is 281 g/mol. The molecule has 1 heterocycles.